The van der Waals surface area contributed by atoms with E-state index in [-0.39, 0.29) is 17.1 Å². The molecule has 88 valence electrons. The van der Waals surface area contributed by atoms with Gasteiger partial charge >= 0.3 is 0 Å². The van der Waals surface area contributed by atoms with Crippen LogP contribution in [0, 0.1) is 0 Å². The van der Waals surface area contributed by atoms with Crippen LogP contribution < -0.4 is 11.5 Å². The lowest BCUT2D eigenvalue weighted by atomic mass is 9.92. The van der Waals surface area contributed by atoms with Crippen molar-refractivity contribution in [2.24, 2.45) is 11.5 Å². The molecule has 0 atom stereocenters. The number of para-hydroxylation sites is 1. The van der Waals surface area contributed by atoms with Gasteiger partial charge in [-0.1, -0.05) is 42.5 Å². The molecule has 2 aromatic carbocycles. The molecule has 0 unspecified atom stereocenters. The minimum atomic E-state index is -1.34. The number of hydrogen-bond acceptors (Lipinski definition) is 4. The Labute approximate surface area is 99.1 Å². The van der Waals surface area contributed by atoms with Crippen LogP contribution in [-0.2, 0) is 5.66 Å². The summed E-state index contributed by atoms with van der Waals surface area (Å²) in [4.78, 5) is 0. The van der Waals surface area contributed by atoms with Crippen molar-refractivity contribution < 1.29 is 10.2 Å². The fourth-order valence-electron chi connectivity index (χ4n) is 1.73. The van der Waals surface area contributed by atoms with Crippen LogP contribution in [0.5, 0.6) is 11.5 Å². The van der Waals surface area contributed by atoms with Gasteiger partial charge in [0.15, 0.2) is 11.5 Å². The highest BCUT2D eigenvalue weighted by molar-refractivity contribution is 5.51. The summed E-state index contributed by atoms with van der Waals surface area (Å²) < 4.78 is 0. The van der Waals surface area contributed by atoms with E-state index in [2.05, 4.69) is 0 Å². The number of hydrogen-bond donors (Lipinski definition) is 4. The van der Waals surface area contributed by atoms with Gasteiger partial charge in [-0.2, -0.15) is 0 Å². The number of phenolic OH excluding ortho intramolecular Hbond substituents is 2. The van der Waals surface area contributed by atoms with Gasteiger partial charge in [-0.3, -0.25) is 0 Å². The number of nitrogens with two attached hydrogens (primary N) is 2. The summed E-state index contributed by atoms with van der Waals surface area (Å²) in [5.41, 5.74) is 11.7. The third kappa shape index (κ3) is 1.95. The topological polar surface area (TPSA) is 92.5 Å². The molecule has 0 saturated heterocycles. The molecule has 0 aliphatic rings. The Balaban J connectivity index is 2.56. The second kappa shape index (κ2) is 4.08. The van der Waals surface area contributed by atoms with Crippen LogP contribution >= 0.6 is 0 Å². The Hall–Kier alpha value is -2.04. The van der Waals surface area contributed by atoms with Crippen molar-refractivity contribution in [1.29, 1.82) is 0 Å². The molecule has 0 spiro atoms. The van der Waals surface area contributed by atoms with Crippen molar-refractivity contribution in [3.63, 3.8) is 0 Å². The lowest BCUT2D eigenvalue weighted by Crippen LogP contribution is -2.47. The molecule has 4 nitrogen and oxygen atoms in total. The van der Waals surface area contributed by atoms with E-state index >= 15 is 0 Å². The molecule has 2 rings (SSSR count). The Morgan fingerprint density at radius 3 is 2.12 bits per heavy atom. The zero-order valence-electron chi connectivity index (χ0n) is 9.17. The molecule has 0 aromatic heterocycles. The molecule has 17 heavy (non-hydrogen) atoms. The van der Waals surface area contributed by atoms with Gasteiger partial charge < -0.3 is 21.7 Å². The third-order valence-corrected chi connectivity index (χ3v) is 2.71. The summed E-state index contributed by atoms with van der Waals surface area (Å²) in [7, 11) is 0. The quantitative estimate of drug-likeness (QED) is 0.461. The van der Waals surface area contributed by atoms with Crippen molar-refractivity contribution in [2.75, 3.05) is 0 Å². The van der Waals surface area contributed by atoms with E-state index in [4.69, 9.17) is 11.5 Å². The molecular weight excluding hydrogens is 216 g/mol. The maximum absolute atomic E-state index is 9.78. The maximum atomic E-state index is 9.78. The predicted octanol–water partition coefficient (Wildman–Crippen LogP) is 1.22. The standard InChI is InChI=1S/C13H14N2O2/c14-13(15,9-5-2-1-3-6-9)10-7-4-8-11(16)12(10)17/h1-8,16-17H,14-15H2. The van der Waals surface area contributed by atoms with Crippen LogP contribution in [0.1, 0.15) is 11.1 Å². The molecule has 0 aliphatic carbocycles. The lowest BCUT2D eigenvalue weighted by Gasteiger charge is -2.26. The van der Waals surface area contributed by atoms with Gasteiger partial charge in [0, 0.05) is 5.56 Å². The van der Waals surface area contributed by atoms with E-state index in [1.807, 2.05) is 18.2 Å². The maximum Gasteiger partial charge on any atom is 0.164 e. The molecule has 6 N–H and O–H groups in total. The summed E-state index contributed by atoms with van der Waals surface area (Å²) >= 11 is 0. The van der Waals surface area contributed by atoms with Crippen molar-refractivity contribution >= 4 is 0 Å². The average molecular weight is 230 g/mol. The number of aromatic hydroxyl groups is 2. The first kappa shape index (κ1) is 11.4. The van der Waals surface area contributed by atoms with Gasteiger partial charge in [0.05, 0.1) is 0 Å². The van der Waals surface area contributed by atoms with Gasteiger partial charge in [-0.25, -0.2) is 0 Å². The molecule has 0 fully saturated rings. The Morgan fingerprint density at radius 2 is 1.47 bits per heavy atom. The minimum absolute atomic E-state index is 0.237. The molecule has 4 heteroatoms. The number of phenols is 2. The lowest BCUT2D eigenvalue weighted by molar-refractivity contribution is 0.388. The fourth-order valence-corrected chi connectivity index (χ4v) is 1.73. The fraction of sp³-hybridized carbons (Fsp3) is 0.0769. The van der Waals surface area contributed by atoms with Crippen LogP contribution in [0.15, 0.2) is 48.5 Å². The number of rotatable bonds is 2. The van der Waals surface area contributed by atoms with Crippen LogP contribution in [0.2, 0.25) is 0 Å². The van der Waals surface area contributed by atoms with Crippen LogP contribution in [0.4, 0.5) is 0 Å². The highest BCUT2D eigenvalue weighted by Crippen LogP contribution is 2.35. The second-order valence-electron chi connectivity index (χ2n) is 3.91. The van der Waals surface area contributed by atoms with E-state index < -0.39 is 5.66 Å². The summed E-state index contributed by atoms with van der Waals surface area (Å²) in [5.74, 6) is -0.528. The SMILES string of the molecule is NC(N)(c1ccccc1)c1cccc(O)c1O. The van der Waals surface area contributed by atoms with Crippen LogP contribution in [0.3, 0.4) is 0 Å². The number of benzene rings is 2. The summed E-state index contributed by atoms with van der Waals surface area (Å²) in [6, 6.07) is 13.5. The first-order valence-corrected chi connectivity index (χ1v) is 5.18. The van der Waals surface area contributed by atoms with Crippen molar-refractivity contribution in [2.45, 2.75) is 5.66 Å². The molecule has 0 heterocycles. The first-order valence-electron chi connectivity index (χ1n) is 5.18. The smallest absolute Gasteiger partial charge is 0.164 e. The van der Waals surface area contributed by atoms with E-state index in [0.717, 1.165) is 0 Å². The van der Waals surface area contributed by atoms with E-state index in [9.17, 15) is 10.2 Å². The largest absolute Gasteiger partial charge is 0.504 e. The molecule has 0 radical (unpaired) electrons. The third-order valence-electron chi connectivity index (χ3n) is 2.71. The zero-order chi connectivity index (χ0) is 12.5. The van der Waals surface area contributed by atoms with Gasteiger partial charge in [0.25, 0.3) is 0 Å². The van der Waals surface area contributed by atoms with E-state index in [1.165, 1.54) is 6.07 Å². The van der Waals surface area contributed by atoms with E-state index in [0.29, 0.717) is 5.56 Å². The first-order chi connectivity index (χ1) is 8.03. The Bertz CT molecular complexity index is 524. The summed E-state index contributed by atoms with van der Waals surface area (Å²) in [5, 5.41) is 19.2. The highest BCUT2D eigenvalue weighted by atomic mass is 16.3. The van der Waals surface area contributed by atoms with Gasteiger partial charge in [-0.15, -0.1) is 0 Å². The molecule has 0 aliphatic heterocycles. The Morgan fingerprint density at radius 1 is 0.824 bits per heavy atom. The van der Waals surface area contributed by atoms with Crippen molar-refractivity contribution in [3.8, 4) is 11.5 Å². The van der Waals surface area contributed by atoms with Gasteiger partial charge in [0.1, 0.15) is 5.66 Å². The van der Waals surface area contributed by atoms with Crippen LogP contribution in [0.25, 0.3) is 0 Å². The minimum Gasteiger partial charge on any atom is -0.504 e. The molecule has 2 aromatic rings. The van der Waals surface area contributed by atoms with Gasteiger partial charge in [0.2, 0.25) is 0 Å². The predicted molar refractivity (Wildman–Crippen MR) is 65.4 cm³/mol. The van der Waals surface area contributed by atoms with Crippen molar-refractivity contribution in [1.82, 2.24) is 0 Å². The normalized spacial score (nSPS) is 11.4. The average Bonchev–Trinajstić information content (AvgIpc) is 2.33. The monoisotopic (exact) mass is 230 g/mol. The highest BCUT2D eigenvalue weighted by Gasteiger charge is 2.28. The summed E-state index contributed by atoms with van der Waals surface area (Å²) in [6.07, 6.45) is 0. The second-order valence-corrected chi connectivity index (χ2v) is 3.91. The zero-order valence-corrected chi connectivity index (χ0v) is 9.17. The van der Waals surface area contributed by atoms with Gasteiger partial charge in [-0.05, 0) is 11.6 Å². The molecule has 0 amide bonds. The molecular formula is C13H14N2O2. The van der Waals surface area contributed by atoms with Crippen LogP contribution in [-0.4, -0.2) is 10.2 Å². The molecule has 0 saturated carbocycles. The van der Waals surface area contributed by atoms with E-state index in [1.54, 1.807) is 24.3 Å². The summed E-state index contributed by atoms with van der Waals surface area (Å²) in [6.45, 7) is 0. The molecule has 0 bridgehead atoms. The van der Waals surface area contributed by atoms with Crippen molar-refractivity contribution in [3.05, 3.63) is 59.7 Å². The Kier molecular flexibility index (Phi) is 2.75.